The Morgan fingerprint density at radius 3 is 1.79 bits per heavy atom. The summed E-state index contributed by atoms with van der Waals surface area (Å²) in [5, 5.41) is 27.1. The lowest BCUT2D eigenvalue weighted by atomic mass is 9.90. The van der Waals surface area contributed by atoms with Gasteiger partial charge in [-0.2, -0.15) is 0 Å². The molecule has 0 saturated heterocycles. The standard InChI is InChI=1S/2C11H22O3/c1-4-5-6-7-9(2)8-11(3,14)10(12)13;1-4-5-6-7-9(2)8-14-11(13)10(3)12/h9,14H,4-8H2,1-3H3,(H,12,13);9-10,12H,4-8H2,1-3H3. The van der Waals surface area contributed by atoms with Crippen molar-refractivity contribution in [1.29, 1.82) is 0 Å². The highest BCUT2D eigenvalue weighted by Gasteiger charge is 2.31. The van der Waals surface area contributed by atoms with Gasteiger partial charge < -0.3 is 20.1 Å². The number of carbonyl (C=O) groups excluding carboxylic acids is 1. The second-order valence-electron chi connectivity index (χ2n) is 8.29. The summed E-state index contributed by atoms with van der Waals surface area (Å²) < 4.78 is 4.91. The van der Waals surface area contributed by atoms with E-state index in [0.29, 0.717) is 18.9 Å². The van der Waals surface area contributed by atoms with E-state index in [0.717, 1.165) is 19.3 Å². The molecule has 0 bridgehead atoms. The second kappa shape index (κ2) is 16.8. The van der Waals surface area contributed by atoms with Gasteiger partial charge in [0.05, 0.1) is 6.61 Å². The molecule has 4 unspecified atom stereocenters. The SMILES string of the molecule is CCCCCC(C)CC(C)(O)C(=O)O.CCCCCC(C)COC(=O)C(C)O. The topological polar surface area (TPSA) is 104 Å². The minimum atomic E-state index is -1.56. The number of carboxylic acids is 1. The summed E-state index contributed by atoms with van der Waals surface area (Å²) in [7, 11) is 0. The monoisotopic (exact) mass is 404 g/mol. The highest BCUT2D eigenvalue weighted by molar-refractivity contribution is 5.76. The molecule has 0 aliphatic rings. The molecular weight excluding hydrogens is 360 g/mol. The molecule has 6 heteroatoms. The third kappa shape index (κ3) is 17.0. The zero-order valence-electron chi connectivity index (χ0n) is 18.9. The highest BCUT2D eigenvalue weighted by atomic mass is 16.5. The Hall–Kier alpha value is -1.14. The molecule has 0 aliphatic heterocycles. The van der Waals surface area contributed by atoms with Gasteiger partial charge in [0.2, 0.25) is 0 Å². The van der Waals surface area contributed by atoms with E-state index in [4.69, 9.17) is 14.9 Å². The summed E-state index contributed by atoms with van der Waals surface area (Å²) in [5.74, 6) is -0.982. The minimum Gasteiger partial charge on any atom is -0.479 e. The molecule has 3 N–H and O–H groups in total. The molecule has 0 aromatic heterocycles. The lowest BCUT2D eigenvalue weighted by molar-refractivity contribution is -0.158. The van der Waals surface area contributed by atoms with E-state index in [1.807, 2.05) is 6.92 Å². The molecule has 0 aromatic carbocycles. The summed E-state index contributed by atoms with van der Waals surface area (Å²) in [6.45, 7) is 11.6. The van der Waals surface area contributed by atoms with Crippen molar-refractivity contribution in [1.82, 2.24) is 0 Å². The lowest BCUT2D eigenvalue weighted by Crippen LogP contribution is -2.36. The van der Waals surface area contributed by atoms with Crippen LogP contribution in [0.1, 0.15) is 99.3 Å². The molecule has 0 saturated carbocycles. The second-order valence-corrected chi connectivity index (χ2v) is 8.29. The summed E-state index contributed by atoms with van der Waals surface area (Å²) >= 11 is 0. The molecule has 4 atom stereocenters. The first-order valence-electron chi connectivity index (χ1n) is 10.8. The van der Waals surface area contributed by atoms with E-state index < -0.39 is 23.6 Å². The largest absolute Gasteiger partial charge is 0.479 e. The Morgan fingerprint density at radius 1 is 0.929 bits per heavy atom. The van der Waals surface area contributed by atoms with E-state index in [2.05, 4.69) is 20.8 Å². The summed E-state index contributed by atoms with van der Waals surface area (Å²) in [6, 6.07) is 0. The molecule has 6 nitrogen and oxygen atoms in total. The maximum Gasteiger partial charge on any atom is 0.335 e. The number of carboxylic acid groups (broad SMARTS) is 1. The summed E-state index contributed by atoms with van der Waals surface area (Å²) in [6.07, 6.45) is 8.51. The maximum atomic E-state index is 10.9. The lowest BCUT2D eigenvalue weighted by Gasteiger charge is -2.22. The van der Waals surface area contributed by atoms with Crippen LogP contribution in [0.2, 0.25) is 0 Å². The van der Waals surface area contributed by atoms with Crippen LogP contribution in [0.4, 0.5) is 0 Å². The first kappa shape index (κ1) is 29.1. The molecular formula is C22H44O6. The number of hydrogen-bond acceptors (Lipinski definition) is 5. The van der Waals surface area contributed by atoms with Crippen molar-refractivity contribution >= 4 is 11.9 Å². The molecule has 0 radical (unpaired) electrons. The fourth-order valence-electron chi connectivity index (χ4n) is 2.78. The van der Waals surface area contributed by atoms with Gasteiger partial charge in [0.25, 0.3) is 0 Å². The Bertz CT molecular complexity index is 404. The van der Waals surface area contributed by atoms with Gasteiger partial charge in [-0.3, -0.25) is 0 Å². The Labute approximate surface area is 171 Å². The first-order valence-corrected chi connectivity index (χ1v) is 10.8. The number of unbranched alkanes of at least 4 members (excludes halogenated alkanes) is 4. The molecule has 0 spiro atoms. The van der Waals surface area contributed by atoms with Gasteiger partial charge in [-0.1, -0.05) is 72.6 Å². The van der Waals surface area contributed by atoms with Crippen LogP contribution in [0.5, 0.6) is 0 Å². The minimum absolute atomic E-state index is 0.271. The van der Waals surface area contributed by atoms with Gasteiger partial charge in [0.15, 0.2) is 5.60 Å². The van der Waals surface area contributed by atoms with Crippen LogP contribution in [-0.2, 0) is 14.3 Å². The number of hydrogen-bond donors (Lipinski definition) is 3. The quantitative estimate of drug-likeness (QED) is 0.290. The fourth-order valence-corrected chi connectivity index (χ4v) is 2.78. The third-order valence-corrected chi connectivity index (χ3v) is 4.66. The normalized spacial score (nSPS) is 16.1. The first-order chi connectivity index (χ1) is 13.0. The van der Waals surface area contributed by atoms with E-state index in [9.17, 15) is 14.7 Å². The van der Waals surface area contributed by atoms with E-state index in [1.165, 1.54) is 46.0 Å². The van der Waals surface area contributed by atoms with Crippen molar-refractivity contribution in [2.45, 2.75) is 111 Å². The van der Waals surface area contributed by atoms with E-state index in [-0.39, 0.29) is 5.92 Å². The van der Waals surface area contributed by atoms with E-state index in [1.54, 1.807) is 0 Å². The Kier molecular flexibility index (Phi) is 17.4. The average molecular weight is 405 g/mol. The molecule has 0 aromatic rings. The molecule has 0 heterocycles. The predicted molar refractivity (Wildman–Crippen MR) is 112 cm³/mol. The van der Waals surface area contributed by atoms with Crippen LogP contribution in [0.15, 0.2) is 0 Å². The number of esters is 1. The molecule has 0 fully saturated rings. The number of rotatable bonds is 14. The van der Waals surface area contributed by atoms with Crippen molar-refractivity contribution < 1.29 is 29.6 Å². The van der Waals surface area contributed by atoms with Crippen molar-refractivity contribution in [3.05, 3.63) is 0 Å². The van der Waals surface area contributed by atoms with Gasteiger partial charge in [0, 0.05) is 0 Å². The molecule has 28 heavy (non-hydrogen) atoms. The fraction of sp³-hybridized carbons (Fsp3) is 0.909. The Balaban J connectivity index is 0. The van der Waals surface area contributed by atoms with Crippen LogP contribution in [-0.4, -0.2) is 45.6 Å². The van der Waals surface area contributed by atoms with Crippen molar-refractivity contribution in [3.8, 4) is 0 Å². The van der Waals surface area contributed by atoms with Crippen LogP contribution in [0, 0.1) is 11.8 Å². The average Bonchev–Trinajstić information content (AvgIpc) is 2.60. The van der Waals surface area contributed by atoms with Crippen LogP contribution >= 0.6 is 0 Å². The van der Waals surface area contributed by atoms with Gasteiger partial charge in [0.1, 0.15) is 6.10 Å². The van der Waals surface area contributed by atoms with Crippen molar-refractivity contribution in [2.24, 2.45) is 11.8 Å². The smallest absolute Gasteiger partial charge is 0.335 e. The van der Waals surface area contributed by atoms with Gasteiger partial charge in [-0.15, -0.1) is 0 Å². The number of aliphatic hydroxyl groups excluding tert-OH is 1. The van der Waals surface area contributed by atoms with Crippen molar-refractivity contribution in [2.75, 3.05) is 6.61 Å². The molecule has 0 amide bonds. The maximum absolute atomic E-state index is 10.9. The van der Waals surface area contributed by atoms with E-state index >= 15 is 0 Å². The molecule has 0 aliphatic carbocycles. The zero-order valence-corrected chi connectivity index (χ0v) is 18.9. The number of aliphatic hydroxyl groups is 2. The Morgan fingerprint density at radius 2 is 1.39 bits per heavy atom. The van der Waals surface area contributed by atoms with Gasteiger partial charge in [-0.25, -0.2) is 9.59 Å². The molecule has 168 valence electrons. The van der Waals surface area contributed by atoms with Crippen LogP contribution in [0.25, 0.3) is 0 Å². The van der Waals surface area contributed by atoms with Crippen LogP contribution < -0.4 is 0 Å². The van der Waals surface area contributed by atoms with Crippen molar-refractivity contribution in [3.63, 3.8) is 0 Å². The summed E-state index contributed by atoms with van der Waals surface area (Å²) in [4.78, 5) is 21.5. The summed E-state index contributed by atoms with van der Waals surface area (Å²) in [5.41, 5.74) is -1.56. The van der Waals surface area contributed by atoms with Gasteiger partial charge >= 0.3 is 11.9 Å². The third-order valence-electron chi connectivity index (χ3n) is 4.66. The van der Waals surface area contributed by atoms with Gasteiger partial charge in [-0.05, 0) is 38.5 Å². The number of ether oxygens (including phenoxy) is 1. The zero-order chi connectivity index (χ0) is 22.2. The predicted octanol–water partition coefficient (Wildman–Crippen LogP) is 4.56. The highest BCUT2D eigenvalue weighted by Crippen LogP contribution is 2.21. The number of aliphatic carboxylic acids is 1. The van der Waals surface area contributed by atoms with Crippen LogP contribution in [0.3, 0.4) is 0 Å². The molecule has 0 rings (SSSR count). The number of carbonyl (C=O) groups is 2.